The van der Waals surface area contributed by atoms with Crippen molar-refractivity contribution in [3.8, 4) is 0 Å². The molecule has 0 aliphatic rings. The molecule has 1 heterocycles. The van der Waals surface area contributed by atoms with E-state index in [0.29, 0.717) is 18.9 Å². The second kappa shape index (κ2) is 11.0. The molecule has 4 heteroatoms. The number of nitrogens with one attached hydrogen (secondary N) is 1. The number of rotatable bonds is 10. The summed E-state index contributed by atoms with van der Waals surface area (Å²) in [6.45, 7) is 5.96. The Hall–Kier alpha value is -3.40. The maximum absolute atomic E-state index is 12.2. The van der Waals surface area contributed by atoms with E-state index >= 15 is 0 Å². The summed E-state index contributed by atoms with van der Waals surface area (Å²) in [5.74, 6) is 1.72. The molecular formula is C29H33N3O. The quantitative estimate of drug-likeness (QED) is 0.313. The molecular weight excluding hydrogens is 406 g/mol. The Morgan fingerprint density at radius 3 is 2.42 bits per heavy atom. The molecule has 33 heavy (non-hydrogen) atoms. The van der Waals surface area contributed by atoms with Gasteiger partial charge in [0, 0.05) is 19.5 Å². The van der Waals surface area contributed by atoms with Gasteiger partial charge in [-0.05, 0) is 47.6 Å². The van der Waals surface area contributed by atoms with Gasteiger partial charge in [0.1, 0.15) is 5.82 Å². The van der Waals surface area contributed by atoms with Crippen LogP contribution in [0.1, 0.15) is 55.1 Å². The standard InChI is InChI=1S/C29H33N3O/c1-3-22(2)25-17-15-24(16-18-25)21-32-27-13-8-7-12-26(27)31-28(32)14-9-19-30-29(33)20-23-10-5-4-6-11-23/h4-8,10-13,15-18,22H,3,9,14,19-21H2,1-2H3,(H,30,33). The molecule has 0 spiro atoms. The Balaban J connectivity index is 1.40. The number of benzene rings is 3. The van der Waals surface area contributed by atoms with E-state index in [1.807, 2.05) is 36.4 Å². The summed E-state index contributed by atoms with van der Waals surface area (Å²) < 4.78 is 2.32. The van der Waals surface area contributed by atoms with Crippen LogP contribution in [-0.4, -0.2) is 22.0 Å². The first-order valence-corrected chi connectivity index (χ1v) is 12.0. The molecule has 4 aromatic rings. The minimum absolute atomic E-state index is 0.0658. The Morgan fingerprint density at radius 2 is 1.67 bits per heavy atom. The molecule has 4 rings (SSSR count). The molecule has 0 saturated carbocycles. The first kappa shape index (κ1) is 22.8. The molecule has 0 bridgehead atoms. The lowest BCUT2D eigenvalue weighted by molar-refractivity contribution is -0.120. The van der Waals surface area contributed by atoms with Crippen LogP contribution in [0.2, 0.25) is 0 Å². The maximum atomic E-state index is 12.2. The molecule has 170 valence electrons. The summed E-state index contributed by atoms with van der Waals surface area (Å²) >= 11 is 0. The number of para-hydroxylation sites is 2. The van der Waals surface area contributed by atoms with E-state index in [4.69, 9.17) is 4.98 Å². The summed E-state index contributed by atoms with van der Waals surface area (Å²) in [7, 11) is 0. The van der Waals surface area contributed by atoms with Crippen molar-refractivity contribution in [1.29, 1.82) is 0 Å². The largest absolute Gasteiger partial charge is 0.356 e. The minimum atomic E-state index is 0.0658. The molecule has 1 atom stereocenters. The second-order valence-corrected chi connectivity index (χ2v) is 8.77. The molecule has 0 aliphatic carbocycles. The molecule has 1 unspecified atom stereocenters. The van der Waals surface area contributed by atoms with E-state index in [1.165, 1.54) is 11.1 Å². The predicted octanol–water partition coefficient (Wildman–Crippen LogP) is 5.89. The highest BCUT2D eigenvalue weighted by molar-refractivity contribution is 5.78. The summed E-state index contributed by atoms with van der Waals surface area (Å²) in [6, 6.07) is 27.2. The van der Waals surface area contributed by atoms with Gasteiger partial charge in [-0.3, -0.25) is 4.79 Å². The van der Waals surface area contributed by atoms with Crippen molar-refractivity contribution in [2.45, 2.75) is 52.0 Å². The van der Waals surface area contributed by atoms with Crippen molar-refractivity contribution >= 4 is 16.9 Å². The van der Waals surface area contributed by atoms with Crippen molar-refractivity contribution in [3.63, 3.8) is 0 Å². The van der Waals surface area contributed by atoms with Crippen molar-refractivity contribution in [2.24, 2.45) is 0 Å². The van der Waals surface area contributed by atoms with Gasteiger partial charge < -0.3 is 9.88 Å². The summed E-state index contributed by atoms with van der Waals surface area (Å²) in [4.78, 5) is 17.1. The number of aryl methyl sites for hydroxylation is 1. The van der Waals surface area contributed by atoms with Crippen molar-refractivity contribution < 1.29 is 4.79 Å². The van der Waals surface area contributed by atoms with E-state index in [0.717, 1.165) is 48.2 Å². The van der Waals surface area contributed by atoms with Gasteiger partial charge in [-0.2, -0.15) is 0 Å². The zero-order valence-electron chi connectivity index (χ0n) is 19.6. The fraction of sp³-hybridized carbons (Fsp3) is 0.310. The van der Waals surface area contributed by atoms with Gasteiger partial charge in [-0.1, -0.05) is 80.6 Å². The van der Waals surface area contributed by atoms with E-state index in [-0.39, 0.29) is 5.91 Å². The topological polar surface area (TPSA) is 46.9 Å². The highest BCUT2D eigenvalue weighted by atomic mass is 16.1. The van der Waals surface area contributed by atoms with Crippen LogP contribution in [0, 0.1) is 0 Å². The van der Waals surface area contributed by atoms with Crippen molar-refractivity contribution in [1.82, 2.24) is 14.9 Å². The molecule has 1 aromatic heterocycles. The lowest BCUT2D eigenvalue weighted by Crippen LogP contribution is -2.26. The Labute approximate surface area is 196 Å². The van der Waals surface area contributed by atoms with Crippen LogP contribution in [-0.2, 0) is 24.2 Å². The third kappa shape index (κ3) is 5.89. The zero-order valence-corrected chi connectivity index (χ0v) is 19.6. The molecule has 0 radical (unpaired) electrons. The smallest absolute Gasteiger partial charge is 0.224 e. The summed E-state index contributed by atoms with van der Waals surface area (Å²) in [6.07, 6.45) is 3.26. The summed E-state index contributed by atoms with van der Waals surface area (Å²) in [5, 5.41) is 3.05. The first-order chi connectivity index (χ1) is 16.1. The highest BCUT2D eigenvalue weighted by Crippen LogP contribution is 2.22. The Kier molecular flexibility index (Phi) is 7.56. The van der Waals surface area contributed by atoms with E-state index in [2.05, 4.69) is 66.2 Å². The second-order valence-electron chi connectivity index (χ2n) is 8.77. The van der Waals surface area contributed by atoms with Crippen molar-refractivity contribution in [3.05, 3.63) is 101 Å². The fourth-order valence-corrected chi connectivity index (χ4v) is 4.18. The number of carbonyl (C=O) groups excluding carboxylic acids is 1. The van der Waals surface area contributed by atoms with E-state index in [1.54, 1.807) is 0 Å². The third-order valence-corrected chi connectivity index (χ3v) is 6.34. The Morgan fingerprint density at radius 1 is 0.939 bits per heavy atom. The third-order valence-electron chi connectivity index (χ3n) is 6.34. The predicted molar refractivity (Wildman–Crippen MR) is 135 cm³/mol. The average molecular weight is 440 g/mol. The van der Waals surface area contributed by atoms with Crippen molar-refractivity contribution in [2.75, 3.05) is 6.54 Å². The molecule has 4 nitrogen and oxygen atoms in total. The lowest BCUT2D eigenvalue weighted by atomic mass is 9.97. The van der Waals surface area contributed by atoms with Crippen LogP contribution in [0.25, 0.3) is 11.0 Å². The molecule has 3 aromatic carbocycles. The number of nitrogens with zero attached hydrogens (tertiary/aromatic N) is 2. The zero-order chi connectivity index (χ0) is 23.0. The van der Waals surface area contributed by atoms with Gasteiger partial charge in [0.15, 0.2) is 0 Å². The molecule has 1 N–H and O–H groups in total. The van der Waals surface area contributed by atoms with E-state index in [9.17, 15) is 4.79 Å². The average Bonchev–Trinajstić information content (AvgIpc) is 3.19. The molecule has 0 saturated heterocycles. The van der Waals surface area contributed by atoms with Gasteiger partial charge in [0.05, 0.1) is 17.5 Å². The number of hydrogen-bond donors (Lipinski definition) is 1. The van der Waals surface area contributed by atoms with Gasteiger partial charge in [0.2, 0.25) is 5.91 Å². The normalized spacial score (nSPS) is 12.1. The number of amides is 1. The number of fused-ring (bicyclic) bond motifs is 1. The maximum Gasteiger partial charge on any atom is 0.224 e. The Bertz CT molecular complexity index is 1180. The van der Waals surface area contributed by atoms with Crippen LogP contribution >= 0.6 is 0 Å². The SMILES string of the molecule is CCC(C)c1ccc(Cn2c(CCCNC(=O)Cc3ccccc3)nc3ccccc32)cc1. The van der Waals surface area contributed by atoms with Gasteiger partial charge in [-0.25, -0.2) is 4.98 Å². The molecule has 1 amide bonds. The number of hydrogen-bond acceptors (Lipinski definition) is 2. The summed E-state index contributed by atoms with van der Waals surface area (Å²) in [5.41, 5.74) is 5.89. The molecule has 0 aliphatic heterocycles. The first-order valence-electron chi connectivity index (χ1n) is 12.0. The van der Waals surface area contributed by atoms with Crippen LogP contribution in [0.3, 0.4) is 0 Å². The van der Waals surface area contributed by atoms with Gasteiger partial charge in [0.25, 0.3) is 0 Å². The number of carbonyl (C=O) groups is 1. The fourth-order valence-electron chi connectivity index (χ4n) is 4.18. The van der Waals surface area contributed by atoms with E-state index < -0.39 is 0 Å². The highest BCUT2D eigenvalue weighted by Gasteiger charge is 2.12. The number of imidazole rings is 1. The minimum Gasteiger partial charge on any atom is -0.356 e. The van der Waals surface area contributed by atoms with Crippen LogP contribution in [0.4, 0.5) is 0 Å². The van der Waals surface area contributed by atoms with Gasteiger partial charge in [-0.15, -0.1) is 0 Å². The molecule has 0 fully saturated rings. The van der Waals surface area contributed by atoms with Crippen LogP contribution in [0.5, 0.6) is 0 Å². The van der Waals surface area contributed by atoms with Gasteiger partial charge >= 0.3 is 0 Å². The monoisotopic (exact) mass is 439 g/mol. The van der Waals surface area contributed by atoms with Crippen LogP contribution < -0.4 is 5.32 Å². The lowest BCUT2D eigenvalue weighted by Gasteiger charge is -2.12. The van der Waals surface area contributed by atoms with Crippen LogP contribution in [0.15, 0.2) is 78.9 Å². The number of aromatic nitrogens is 2.